The summed E-state index contributed by atoms with van der Waals surface area (Å²) in [6.45, 7) is 4.11. The first kappa shape index (κ1) is 25.4. The van der Waals surface area contributed by atoms with Gasteiger partial charge in [-0.05, 0) is 61.9 Å². The number of hydroxylamine groups is 1. The lowest BCUT2D eigenvalue weighted by molar-refractivity contribution is -0.186. The molecule has 2 fully saturated rings. The fourth-order valence-corrected chi connectivity index (χ4v) is 5.02. The van der Waals surface area contributed by atoms with Gasteiger partial charge in [-0.25, -0.2) is 20.3 Å². The number of carbonyl (C=O) groups is 1. The number of benzene rings is 1. The van der Waals surface area contributed by atoms with Crippen LogP contribution in [0.5, 0.6) is 0 Å². The molecular weight excluding hydrogens is 474 g/mol. The number of anilines is 2. The Morgan fingerprint density at radius 1 is 1.19 bits per heavy atom. The van der Waals surface area contributed by atoms with Gasteiger partial charge in [0.05, 0.1) is 11.3 Å². The maximum absolute atomic E-state index is 12.3. The second-order valence-corrected chi connectivity index (χ2v) is 9.79. The quantitative estimate of drug-likeness (QED) is 0.322. The number of nitrogens with one attached hydrogen (secondary N) is 3. The van der Waals surface area contributed by atoms with Crippen LogP contribution in [-0.4, -0.2) is 58.2 Å². The van der Waals surface area contributed by atoms with Crippen molar-refractivity contribution in [2.24, 2.45) is 13.0 Å². The Morgan fingerprint density at radius 3 is 2.73 bits per heavy atom. The van der Waals surface area contributed by atoms with Crippen molar-refractivity contribution < 1.29 is 19.6 Å². The number of piperidine rings is 1. The Balaban J connectivity index is 1.06. The summed E-state index contributed by atoms with van der Waals surface area (Å²) in [5.41, 5.74) is 8.06. The SMILES string of the molecule is Cn1cc(CNCC2CCN(c3ncc(C(=O)NOC4CCCCO4)cn3)CC2)c2cc(NO)ccc21. The van der Waals surface area contributed by atoms with Crippen molar-refractivity contribution in [1.82, 2.24) is 25.3 Å². The highest BCUT2D eigenvalue weighted by molar-refractivity contribution is 5.92. The van der Waals surface area contributed by atoms with Crippen LogP contribution in [0.2, 0.25) is 0 Å². The predicted molar refractivity (Wildman–Crippen MR) is 139 cm³/mol. The van der Waals surface area contributed by atoms with Gasteiger partial charge in [0.15, 0.2) is 6.29 Å². The van der Waals surface area contributed by atoms with Crippen molar-refractivity contribution in [3.8, 4) is 0 Å². The molecule has 198 valence electrons. The van der Waals surface area contributed by atoms with E-state index >= 15 is 0 Å². The molecule has 2 saturated heterocycles. The van der Waals surface area contributed by atoms with Gasteiger partial charge in [-0.3, -0.25) is 15.5 Å². The summed E-state index contributed by atoms with van der Waals surface area (Å²) in [5.74, 6) is 0.842. The van der Waals surface area contributed by atoms with Gasteiger partial charge in [0.2, 0.25) is 5.95 Å². The minimum absolute atomic E-state index is 0.356. The van der Waals surface area contributed by atoms with Crippen LogP contribution >= 0.6 is 0 Å². The third kappa shape index (κ3) is 6.19. The maximum Gasteiger partial charge on any atom is 0.278 e. The van der Waals surface area contributed by atoms with Crippen LogP contribution in [0.15, 0.2) is 36.8 Å². The zero-order chi connectivity index (χ0) is 25.6. The molecule has 0 saturated carbocycles. The molecule has 1 unspecified atom stereocenters. The van der Waals surface area contributed by atoms with E-state index in [1.807, 2.05) is 25.2 Å². The molecule has 4 heterocycles. The van der Waals surface area contributed by atoms with E-state index < -0.39 is 6.29 Å². The number of carbonyl (C=O) groups excluding carboxylic acids is 1. The maximum atomic E-state index is 12.3. The molecule has 5 rings (SSSR count). The molecule has 1 amide bonds. The average Bonchev–Trinajstić information content (AvgIpc) is 3.27. The molecule has 2 aliphatic heterocycles. The Bertz CT molecular complexity index is 1190. The van der Waals surface area contributed by atoms with Crippen LogP contribution in [0.1, 0.15) is 48.0 Å². The molecule has 1 atom stereocenters. The minimum atomic E-state index is -0.392. The summed E-state index contributed by atoms with van der Waals surface area (Å²) in [6.07, 6.45) is 9.73. The number of rotatable bonds is 9. The molecule has 3 aromatic rings. The van der Waals surface area contributed by atoms with Crippen LogP contribution in [0.25, 0.3) is 10.9 Å². The monoisotopic (exact) mass is 509 g/mol. The van der Waals surface area contributed by atoms with Gasteiger partial charge >= 0.3 is 0 Å². The summed E-state index contributed by atoms with van der Waals surface area (Å²) in [5, 5.41) is 14.0. The van der Waals surface area contributed by atoms with Gasteiger partial charge < -0.3 is 19.5 Å². The molecule has 4 N–H and O–H groups in total. The van der Waals surface area contributed by atoms with Crippen LogP contribution in [0, 0.1) is 5.92 Å². The molecule has 0 bridgehead atoms. The summed E-state index contributed by atoms with van der Waals surface area (Å²) in [4.78, 5) is 28.7. The number of hydrogen-bond donors (Lipinski definition) is 4. The van der Waals surface area contributed by atoms with Crippen LogP contribution in [0.4, 0.5) is 11.6 Å². The van der Waals surface area contributed by atoms with Gasteiger partial charge in [-0.1, -0.05) is 0 Å². The van der Waals surface area contributed by atoms with E-state index in [0.29, 0.717) is 29.7 Å². The zero-order valence-corrected chi connectivity index (χ0v) is 21.2. The van der Waals surface area contributed by atoms with E-state index in [1.54, 1.807) is 0 Å². The molecule has 0 aliphatic carbocycles. The van der Waals surface area contributed by atoms with Crippen molar-refractivity contribution in [2.45, 2.75) is 44.9 Å². The lowest BCUT2D eigenvalue weighted by atomic mass is 9.97. The molecule has 11 nitrogen and oxygen atoms in total. The van der Waals surface area contributed by atoms with Crippen molar-refractivity contribution in [2.75, 3.05) is 36.6 Å². The number of hydrogen-bond acceptors (Lipinski definition) is 9. The molecule has 0 spiro atoms. The number of ether oxygens (including phenoxy) is 1. The highest BCUT2D eigenvalue weighted by Gasteiger charge is 2.22. The fraction of sp³-hybridized carbons (Fsp3) is 0.500. The molecule has 37 heavy (non-hydrogen) atoms. The lowest BCUT2D eigenvalue weighted by Gasteiger charge is -2.32. The summed E-state index contributed by atoms with van der Waals surface area (Å²) >= 11 is 0. The number of aryl methyl sites for hydroxylation is 1. The lowest BCUT2D eigenvalue weighted by Crippen LogP contribution is -2.38. The molecule has 11 heteroatoms. The number of amides is 1. The first-order chi connectivity index (χ1) is 18.1. The predicted octanol–water partition coefficient (Wildman–Crippen LogP) is 2.96. The first-order valence-corrected chi connectivity index (χ1v) is 12.9. The molecule has 1 aromatic carbocycles. The smallest absolute Gasteiger partial charge is 0.278 e. The molecule has 2 aliphatic rings. The molecule has 0 radical (unpaired) electrons. The third-order valence-electron chi connectivity index (χ3n) is 7.17. The van der Waals surface area contributed by atoms with E-state index in [1.165, 1.54) is 18.0 Å². The van der Waals surface area contributed by atoms with Crippen LogP contribution < -0.4 is 21.2 Å². The Kier molecular flexibility index (Phi) is 8.15. The van der Waals surface area contributed by atoms with Crippen LogP contribution in [0.3, 0.4) is 0 Å². The standard InChI is InChI=1S/C26H35N7O4/c1-32-17-20(22-12-21(30-35)5-6-23(22)32)14-27-13-18-7-9-33(10-8-18)26-28-15-19(16-29-26)25(34)31-37-24-4-2-3-11-36-24/h5-6,12,15-18,24,27,30,35H,2-4,7-11,13-14H2,1H3,(H,31,34). The third-order valence-corrected chi connectivity index (χ3v) is 7.17. The van der Waals surface area contributed by atoms with Crippen molar-refractivity contribution in [1.29, 1.82) is 0 Å². The molecule has 2 aromatic heterocycles. The van der Waals surface area contributed by atoms with E-state index in [9.17, 15) is 10.0 Å². The van der Waals surface area contributed by atoms with E-state index in [-0.39, 0.29) is 5.91 Å². The zero-order valence-electron chi connectivity index (χ0n) is 21.2. The second-order valence-electron chi connectivity index (χ2n) is 9.79. The van der Waals surface area contributed by atoms with Gasteiger partial charge in [0.1, 0.15) is 0 Å². The largest absolute Gasteiger partial charge is 0.350 e. The number of nitrogens with zero attached hydrogens (tertiary/aromatic N) is 4. The summed E-state index contributed by atoms with van der Waals surface area (Å²) in [6, 6.07) is 5.84. The average molecular weight is 510 g/mol. The van der Waals surface area contributed by atoms with Crippen molar-refractivity contribution >= 4 is 28.4 Å². The van der Waals surface area contributed by atoms with Gasteiger partial charge in [0, 0.05) is 69.2 Å². The fourth-order valence-electron chi connectivity index (χ4n) is 5.02. The van der Waals surface area contributed by atoms with E-state index in [4.69, 9.17) is 9.57 Å². The Hall–Kier alpha value is -3.25. The van der Waals surface area contributed by atoms with Crippen LogP contribution in [-0.2, 0) is 23.2 Å². The van der Waals surface area contributed by atoms with Gasteiger partial charge in [-0.15, -0.1) is 0 Å². The highest BCUT2D eigenvalue weighted by atomic mass is 16.8. The second kappa shape index (κ2) is 11.9. The summed E-state index contributed by atoms with van der Waals surface area (Å²) in [7, 11) is 2.04. The van der Waals surface area contributed by atoms with E-state index in [2.05, 4.69) is 41.9 Å². The number of aromatic nitrogens is 3. The Morgan fingerprint density at radius 2 is 2.00 bits per heavy atom. The minimum Gasteiger partial charge on any atom is -0.350 e. The van der Waals surface area contributed by atoms with Gasteiger partial charge in [0.25, 0.3) is 5.91 Å². The summed E-state index contributed by atoms with van der Waals surface area (Å²) < 4.78 is 7.56. The van der Waals surface area contributed by atoms with Crippen molar-refractivity contribution in [3.63, 3.8) is 0 Å². The first-order valence-electron chi connectivity index (χ1n) is 12.9. The normalized spacial score (nSPS) is 18.8. The van der Waals surface area contributed by atoms with Gasteiger partial charge in [-0.2, -0.15) is 0 Å². The van der Waals surface area contributed by atoms with Crippen molar-refractivity contribution in [3.05, 3.63) is 47.9 Å². The highest BCUT2D eigenvalue weighted by Crippen LogP contribution is 2.25. The number of fused-ring (bicyclic) bond motifs is 1. The van der Waals surface area contributed by atoms with E-state index in [0.717, 1.165) is 69.2 Å². The molecular formula is C26H35N7O4. The Labute approximate surface area is 216 Å². The topological polar surface area (TPSA) is 126 Å².